The highest BCUT2D eigenvalue weighted by Crippen LogP contribution is 2.37. The zero-order valence-corrected chi connectivity index (χ0v) is 12.0. The van der Waals surface area contributed by atoms with E-state index in [1.165, 1.54) is 0 Å². The maximum atomic E-state index is 12.9. The second kappa shape index (κ2) is 7.35. The molecule has 1 aromatic carbocycles. The number of rotatable bonds is 6. The van der Waals surface area contributed by atoms with Gasteiger partial charge < -0.3 is 5.32 Å². The molecule has 0 aliphatic heterocycles. The number of alkyl halides is 8. The topological polar surface area (TPSA) is 12.0 Å². The summed E-state index contributed by atoms with van der Waals surface area (Å²) in [5.41, 5.74) is -3.72. The van der Waals surface area contributed by atoms with Gasteiger partial charge in [-0.05, 0) is 24.6 Å². The van der Waals surface area contributed by atoms with Crippen LogP contribution in [0, 0.1) is 0 Å². The van der Waals surface area contributed by atoms with Gasteiger partial charge in [0.25, 0.3) is 6.43 Å². The molecule has 0 fully saturated rings. The Kier molecular flexibility index (Phi) is 6.24. The van der Waals surface area contributed by atoms with Crippen LogP contribution in [-0.4, -0.2) is 12.5 Å². The standard InChI is InChI=1S/C14H15F8N/c1-2-3-4-11(12(15)16)23-10-6-8(13(17,18)19)5-9(7-10)14(20,21)22/h5-7,11-12,23H,2-4H2,1H3. The van der Waals surface area contributed by atoms with Crippen LogP contribution in [0.5, 0.6) is 0 Å². The van der Waals surface area contributed by atoms with Crippen molar-refractivity contribution in [2.45, 2.75) is 51.0 Å². The number of hydrogen-bond donors (Lipinski definition) is 1. The van der Waals surface area contributed by atoms with Crippen molar-refractivity contribution in [2.24, 2.45) is 0 Å². The molecule has 1 unspecified atom stereocenters. The van der Waals surface area contributed by atoms with Crippen molar-refractivity contribution in [3.05, 3.63) is 29.3 Å². The first kappa shape index (κ1) is 19.5. The first-order valence-electron chi connectivity index (χ1n) is 6.79. The Morgan fingerprint density at radius 1 is 0.913 bits per heavy atom. The van der Waals surface area contributed by atoms with Crippen molar-refractivity contribution in [1.29, 1.82) is 0 Å². The van der Waals surface area contributed by atoms with Crippen LogP contribution in [0.2, 0.25) is 0 Å². The number of benzene rings is 1. The summed E-state index contributed by atoms with van der Waals surface area (Å²) in [4.78, 5) is 0. The number of unbranched alkanes of at least 4 members (excludes halogenated alkanes) is 1. The van der Waals surface area contributed by atoms with Crippen LogP contribution in [0.1, 0.15) is 37.3 Å². The summed E-state index contributed by atoms with van der Waals surface area (Å²) >= 11 is 0. The second-order valence-electron chi connectivity index (χ2n) is 5.02. The minimum absolute atomic E-state index is 0.0470. The van der Waals surface area contributed by atoms with Crippen molar-refractivity contribution in [2.75, 3.05) is 5.32 Å². The van der Waals surface area contributed by atoms with Gasteiger partial charge in [-0.3, -0.25) is 0 Å². The predicted molar refractivity (Wildman–Crippen MR) is 69.4 cm³/mol. The number of hydrogen-bond acceptors (Lipinski definition) is 1. The molecule has 0 heterocycles. The van der Waals surface area contributed by atoms with E-state index in [4.69, 9.17) is 0 Å². The number of nitrogens with one attached hydrogen (secondary N) is 1. The Bertz CT molecular complexity index is 474. The van der Waals surface area contributed by atoms with Crippen LogP contribution in [-0.2, 0) is 12.4 Å². The van der Waals surface area contributed by atoms with Gasteiger partial charge >= 0.3 is 12.4 Å². The Morgan fingerprint density at radius 3 is 1.74 bits per heavy atom. The van der Waals surface area contributed by atoms with E-state index >= 15 is 0 Å². The minimum atomic E-state index is -5.01. The second-order valence-corrected chi connectivity index (χ2v) is 5.02. The summed E-state index contributed by atoms with van der Waals surface area (Å²) < 4.78 is 102. The third kappa shape index (κ3) is 5.87. The molecule has 23 heavy (non-hydrogen) atoms. The molecule has 0 spiro atoms. The van der Waals surface area contributed by atoms with E-state index in [2.05, 4.69) is 5.32 Å². The molecule has 0 aliphatic rings. The van der Waals surface area contributed by atoms with E-state index in [1.807, 2.05) is 0 Å². The molecular formula is C14H15F8N. The Morgan fingerprint density at radius 2 is 1.39 bits per heavy atom. The molecule has 1 atom stereocenters. The van der Waals surface area contributed by atoms with Crippen LogP contribution in [0.3, 0.4) is 0 Å². The van der Waals surface area contributed by atoms with E-state index in [0.29, 0.717) is 25.0 Å². The number of halogens is 8. The van der Waals surface area contributed by atoms with Crippen LogP contribution < -0.4 is 5.32 Å². The van der Waals surface area contributed by atoms with Crippen molar-refractivity contribution in [3.8, 4) is 0 Å². The fourth-order valence-electron chi connectivity index (χ4n) is 1.94. The molecule has 0 saturated heterocycles. The van der Waals surface area contributed by atoms with Crippen molar-refractivity contribution < 1.29 is 35.1 Å². The molecule has 0 radical (unpaired) electrons. The Balaban J connectivity index is 3.18. The highest BCUT2D eigenvalue weighted by Gasteiger charge is 2.37. The summed E-state index contributed by atoms with van der Waals surface area (Å²) in [7, 11) is 0. The largest absolute Gasteiger partial charge is 0.416 e. The van der Waals surface area contributed by atoms with Gasteiger partial charge in [-0.25, -0.2) is 8.78 Å². The van der Waals surface area contributed by atoms with Crippen molar-refractivity contribution in [3.63, 3.8) is 0 Å². The van der Waals surface area contributed by atoms with Gasteiger partial charge in [-0.1, -0.05) is 19.8 Å². The van der Waals surface area contributed by atoms with Gasteiger partial charge in [0.15, 0.2) is 0 Å². The zero-order chi connectivity index (χ0) is 17.8. The smallest absolute Gasteiger partial charge is 0.377 e. The lowest BCUT2D eigenvalue weighted by Gasteiger charge is -2.21. The molecule has 1 aromatic rings. The van der Waals surface area contributed by atoms with Crippen LogP contribution in [0.25, 0.3) is 0 Å². The molecule has 0 aromatic heterocycles. The zero-order valence-electron chi connectivity index (χ0n) is 12.0. The summed E-state index contributed by atoms with van der Waals surface area (Å²) in [6, 6.07) is -0.763. The van der Waals surface area contributed by atoms with Crippen molar-refractivity contribution >= 4 is 5.69 Å². The molecule has 0 saturated carbocycles. The quantitative estimate of drug-likeness (QED) is 0.625. The van der Waals surface area contributed by atoms with E-state index < -0.39 is 41.6 Å². The summed E-state index contributed by atoms with van der Waals surface area (Å²) in [6.45, 7) is 1.73. The molecule has 1 N–H and O–H groups in total. The summed E-state index contributed by atoms with van der Waals surface area (Å²) in [5.74, 6) is 0. The number of anilines is 1. The molecule has 0 amide bonds. The van der Waals surface area contributed by atoms with Gasteiger partial charge in [-0.15, -0.1) is 0 Å². The molecule has 0 bridgehead atoms. The lowest BCUT2D eigenvalue weighted by atomic mass is 10.1. The maximum Gasteiger partial charge on any atom is 0.416 e. The minimum Gasteiger partial charge on any atom is -0.377 e. The fraction of sp³-hybridized carbons (Fsp3) is 0.571. The van der Waals surface area contributed by atoms with Crippen LogP contribution in [0.4, 0.5) is 40.8 Å². The summed E-state index contributed by atoms with van der Waals surface area (Å²) in [6.07, 6.45) is -12.1. The molecular weight excluding hydrogens is 334 g/mol. The lowest BCUT2D eigenvalue weighted by molar-refractivity contribution is -0.143. The first-order chi connectivity index (χ1) is 10.4. The van der Waals surface area contributed by atoms with Crippen molar-refractivity contribution in [1.82, 2.24) is 0 Å². The average molecular weight is 349 g/mol. The Hall–Kier alpha value is -1.54. The monoisotopic (exact) mass is 349 g/mol. The van der Waals surface area contributed by atoms with Gasteiger partial charge in [0.1, 0.15) is 0 Å². The van der Waals surface area contributed by atoms with E-state index in [1.54, 1.807) is 6.92 Å². The van der Waals surface area contributed by atoms with Gasteiger partial charge in [-0.2, -0.15) is 26.3 Å². The molecule has 9 heteroatoms. The lowest BCUT2D eigenvalue weighted by Crippen LogP contribution is -2.28. The maximum absolute atomic E-state index is 12.9. The van der Waals surface area contributed by atoms with E-state index in [9.17, 15) is 35.1 Å². The molecule has 1 nitrogen and oxygen atoms in total. The first-order valence-corrected chi connectivity index (χ1v) is 6.79. The summed E-state index contributed by atoms with van der Waals surface area (Å²) in [5, 5.41) is 2.09. The highest BCUT2D eigenvalue weighted by molar-refractivity contribution is 5.51. The fourth-order valence-corrected chi connectivity index (χ4v) is 1.94. The van der Waals surface area contributed by atoms with Gasteiger partial charge in [0.2, 0.25) is 0 Å². The van der Waals surface area contributed by atoms with E-state index in [-0.39, 0.29) is 12.5 Å². The third-order valence-electron chi connectivity index (χ3n) is 3.11. The van der Waals surface area contributed by atoms with E-state index in [0.717, 1.165) is 0 Å². The molecule has 132 valence electrons. The van der Waals surface area contributed by atoms with Crippen LogP contribution in [0.15, 0.2) is 18.2 Å². The molecule has 0 aliphatic carbocycles. The van der Waals surface area contributed by atoms with Gasteiger partial charge in [0, 0.05) is 5.69 Å². The SMILES string of the molecule is CCCCC(Nc1cc(C(F)(F)F)cc(C(F)(F)F)c1)C(F)F. The molecule has 1 rings (SSSR count). The predicted octanol–water partition coefficient (Wildman–Crippen LogP) is 5.96. The third-order valence-corrected chi connectivity index (χ3v) is 3.11. The Labute approximate surface area is 127 Å². The van der Waals surface area contributed by atoms with Crippen LogP contribution >= 0.6 is 0 Å². The highest BCUT2D eigenvalue weighted by atomic mass is 19.4. The normalized spacial score (nSPS) is 14.2. The average Bonchev–Trinajstić information content (AvgIpc) is 2.40. The van der Waals surface area contributed by atoms with Gasteiger partial charge in [0.05, 0.1) is 17.2 Å².